The summed E-state index contributed by atoms with van der Waals surface area (Å²) in [6, 6.07) is 31.8. The van der Waals surface area contributed by atoms with Crippen molar-refractivity contribution in [2.75, 3.05) is 71.0 Å². The molecule has 7 aromatic rings. The van der Waals surface area contributed by atoms with Gasteiger partial charge >= 0.3 is 12.2 Å². The van der Waals surface area contributed by atoms with Gasteiger partial charge in [-0.3, -0.25) is 34.2 Å². The highest BCUT2D eigenvalue weighted by atomic mass is 19.1. The Hall–Kier alpha value is -9.04. The Labute approximate surface area is 454 Å². The molecule has 4 heterocycles. The van der Waals surface area contributed by atoms with Crippen molar-refractivity contribution >= 4 is 46.4 Å². The highest BCUT2D eigenvalue weighted by molar-refractivity contribution is 6.02. The van der Waals surface area contributed by atoms with Gasteiger partial charge in [-0.15, -0.1) is 0 Å². The van der Waals surface area contributed by atoms with Gasteiger partial charge in [-0.25, -0.2) is 24.1 Å². The topological polar surface area (TPSA) is 227 Å². The fourth-order valence-electron chi connectivity index (χ4n) is 9.72. The molecule has 0 unspecified atom stereocenters. The molecule has 4 aromatic carbocycles. The lowest BCUT2D eigenvalue weighted by Crippen LogP contribution is -2.53. The normalized spacial score (nSPS) is 13.1. The molecule has 1 aliphatic carbocycles. The highest BCUT2D eigenvalue weighted by Crippen LogP contribution is 2.44. The van der Waals surface area contributed by atoms with Gasteiger partial charge in [0.2, 0.25) is 5.91 Å². The van der Waals surface area contributed by atoms with E-state index in [-0.39, 0.29) is 106 Å². The van der Waals surface area contributed by atoms with Gasteiger partial charge in [-0.2, -0.15) is 5.10 Å². The average Bonchev–Trinajstić information content (AvgIpc) is 4.02. The number of carbonyl (C=O) groups excluding carboxylic acids is 5. The number of H-pyrrole nitrogens is 1. The van der Waals surface area contributed by atoms with Gasteiger partial charge in [0.25, 0.3) is 22.9 Å². The first kappa shape index (κ1) is 54.7. The summed E-state index contributed by atoms with van der Waals surface area (Å²) in [5.41, 5.74) is 4.98. The summed E-state index contributed by atoms with van der Waals surface area (Å²) < 4.78 is 34.2. The van der Waals surface area contributed by atoms with Crippen LogP contribution in [-0.2, 0) is 32.0 Å². The van der Waals surface area contributed by atoms with Crippen LogP contribution in [0.5, 0.6) is 0 Å². The van der Waals surface area contributed by atoms with Crippen molar-refractivity contribution in [1.82, 2.24) is 39.8 Å². The quantitative estimate of drug-likeness (QED) is 0.0768. The fourth-order valence-corrected chi connectivity index (χ4v) is 9.72. The standard InChI is InChI=1S/C59H60FN9O10/c1-5-66-34-38(19-21-51(66)70)39-32-50(63-57(75)79-59(2,3)4)53(62-33-39)55(73)61-22-28-77-29-27-69(58(76)78-36-47-42-14-8-6-12-40(42)41-13-7-9-15-43(41)47)35-52(71)67-23-25-68(26-24-67)56(74)46-30-37(18-20-48(46)60)31-49-44-16-10-11-17-45(44)54(72)65-64-49/h6-21,30,32-34,47H,5,22-29,31,35-36H2,1-4H3,(H,61,73)(H,63,75)(H,65,72). The van der Waals surface area contributed by atoms with Crippen LogP contribution in [0.3, 0.4) is 0 Å². The number of piperazine rings is 1. The van der Waals surface area contributed by atoms with Crippen LogP contribution < -0.4 is 21.8 Å². The van der Waals surface area contributed by atoms with E-state index in [0.29, 0.717) is 39.7 Å². The minimum atomic E-state index is -0.833. The molecular formula is C59H60FN9O10. The number of aromatic nitrogens is 4. The summed E-state index contributed by atoms with van der Waals surface area (Å²) in [6.07, 6.45) is 1.81. The smallest absolute Gasteiger partial charge is 0.412 e. The van der Waals surface area contributed by atoms with Crippen LogP contribution in [0.25, 0.3) is 33.0 Å². The van der Waals surface area contributed by atoms with E-state index in [1.807, 2.05) is 55.5 Å². The molecule has 1 fully saturated rings. The van der Waals surface area contributed by atoms with Gasteiger partial charge in [-0.1, -0.05) is 72.8 Å². The van der Waals surface area contributed by atoms with E-state index in [1.54, 1.807) is 74.3 Å². The lowest BCUT2D eigenvalue weighted by molar-refractivity contribution is -0.133. The molecule has 3 aromatic heterocycles. The predicted octanol–water partition coefficient (Wildman–Crippen LogP) is 7.23. The molecule has 0 radical (unpaired) electrons. The SMILES string of the molecule is CCn1cc(-c2cnc(C(=O)NCCOCCN(CC(=O)N3CCN(C(=O)c4cc(Cc5n[nH]c(=O)c6ccccc56)ccc4F)CC3)C(=O)OCC3c4ccccc4-c4ccccc43)c(NC(=O)OC(C)(C)C)c2)ccc1=O. The second-order valence-electron chi connectivity index (χ2n) is 20.1. The minimum absolute atomic E-state index is 0.000135. The first-order valence-electron chi connectivity index (χ1n) is 26.0. The molecule has 1 aliphatic heterocycles. The average molecular weight is 1070 g/mol. The largest absolute Gasteiger partial charge is 0.448 e. The Kier molecular flexibility index (Phi) is 16.7. The number of hydrogen-bond acceptors (Lipinski definition) is 12. The first-order chi connectivity index (χ1) is 38.0. The van der Waals surface area contributed by atoms with E-state index in [1.165, 1.54) is 38.8 Å². The Morgan fingerprint density at radius 1 is 0.810 bits per heavy atom. The fraction of sp³-hybridized carbons (Fsp3) is 0.305. The maximum atomic E-state index is 15.3. The number of fused-ring (bicyclic) bond motifs is 4. The summed E-state index contributed by atoms with van der Waals surface area (Å²) in [7, 11) is 0. The molecule has 0 bridgehead atoms. The Morgan fingerprint density at radius 2 is 1.49 bits per heavy atom. The molecule has 3 N–H and O–H groups in total. The summed E-state index contributed by atoms with van der Waals surface area (Å²) >= 11 is 0. The maximum absolute atomic E-state index is 15.3. The minimum Gasteiger partial charge on any atom is -0.448 e. The molecule has 9 rings (SSSR count). The number of halogens is 1. The van der Waals surface area contributed by atoms with E-state index >= 15 is 4.39 Å². The van der Waals surface area contributed by atoms with Gasteiger partial charge in [0.05, 0.1) is 35.5 Å². The summed E-state index contributed by atoms with van der Waals surface area (Å²) in [6.45, 7) is 7.35. The van der Waals surface area contributed by atoms with Crippen molar-refractivity contribution < 1.29 is 42.6 Å². The number of amides is 5. The van der Waals surface area contributed by atoms with Gasteiger partial charge in [-0.05, 0) is 91.4 Å². The lowest BCUT2D eigenvalue weighted by Gasteiger charge is -2.36. The second kappa shape index (κ2) is 24.1. The molecule has 0 atom stereocenters. The van der Waals surface area contributed by atoms with Crippen LogP contribution >= 0.6 is 0 Å². The van der Waals surface area contributed by atoms with E-state index in [0.717, 1.165) is 22.3 Å². The number of nitrogens with zero attached hydrogens (tertiary/aromatic N) is 6. The summed E-state index contributed by atoms with van der Waals surface area (Å²) in [4.78, 5) is 102. The predicted molar refractivity (Wildman–Crippen MR) is 293 cm³/mol. The van der Waals surface area contributed by atoms with Crippen molar-refractivity contribution in [1.29, 1.82) is 0 Å². The van der Waals surface area contributed by atoms with Crippen molar-refractivity contribution in [3.63, 3.8) is 0 Å². The first-order valence-corrected chi connectivity index (χ1v) is 26.0. The van der Waals surface area contributed by atoms with Gasteiger partial charge < -0.3 is 33.9 Å². The molecule has 2 aliphatic rings. The van der Waals surface area contributed by atoms with Crippen LogP contribution in [0.15, 0.2) is 131 Å². The summed E-state index contributed by atoms with van der Waals surface area (Å²) in [5, 5.41) is 13.2. The number of carbonyl (C=O) groups is 5. The zero-order valence-corrected chi connectivity index (χ0v) is 44.3. The zero-order chi connectivity index (χ0) is 55.8. The number of pyridine rings is 2. The van der Waals surface area contributed by atoms with Crippen LogP contribution in [0.2, 0.25) is 0 Å². The number of aryl methyl sites for hydroxylation is 1. The molecular weight excluding hydrogens is 1010 g/mol. The van der Waals surface area contributed by atoms with Gasteiger partial charge in [0, 0.05) is 87.6 Å². The molecule has 408 valence electrons. The molecule has 0 saturated carbocycles. The number of ether oxygens (including phenoxy) is 3. The zero-order valence-electron chi connectivity index (χ0n) is 44.3. The molecule has 1 saturated heterocycles. The number of benzene rings is 4. The molecule has 5 amide bonds. The highest BCUT2D eigenvalue weighted by Gasteiger charge is 2.32. The van der Waals surface area contributed by atoms with Crippen molar-refractivity contribution in [3.05, 3.63) is 182 Å². The Bertz CT molecular complexity index is 3520. The van der Waals surface area contributed by atoms with Crippen LogP contribution in [0.4, 0.5) is 19.7 Å². The van der Waals surface area contributed by atoms with Crippen LogP contribution in [0, 0.1) is 5.82 Å². The van der Waals surface area contributed by atoms with E-state index in [9.17, 15) is 33.6 Å². The third-order valence-corrected chi connectivity index (χ3v) is 13.7. The van der Waals surface area contributed by atoms with Crippen molar-refractivity contribution in [3.8, 4) is 22.3 Å². The van der Waals surface area contributed by atoms with Crippen LogP contribution in [-0.4, -0.2) is 136 Å². The molecule has 79 heavy (non-hydrogen) atoms. The van der Waals surface area contributed by atoms with Gasteiger partial charge in [0.15, 0.2) is 5.69 Å². The van der Waals surface area contributed by atoms with Crippen molar-refractivity contribution in [2.45, 2.75) is 52.2 Å². The van der Waals surface area contributed by atoms with E-state index < -0.39 is 41.3 Å². The Morgan fingerprint density at radius 3 is 2.20 bits per heavy atom. The maximum Gasteiger partial charge on any atom is 0.412 e. The monoisotopic (exact) mass is 1070 g/mol. The molecule has 20 heteroatoms. The van der Waals surface area contributed by atoms with Gasteiger partial charge in [0.1, 0.15) is 24.6 Å². The number of hydrogen-bond donors (Lipinski definition) is 3. The molecule has 19 nitrogen and oxygen atoms in total. The van der Waals surface area contributed by atoms with E-state index in [4.69, 9.17) is 14.2 Å². The number of nitrogens with one attached hydrogen (secondary N) is 3. The molecule has 0 spiro atoms. The van der Waals surface area contributed by atoms with Crippen molar-refractivity contribution in [2.24, 2.45) is 0 Å². The lowest BCUT2D eigenvalue weighted by atomic mass is 9.98. The number of aromatic amines is 1. The summed E-state index contributed by atoms with van der Waals surface area (Å²) in [5.74, 6) is -2.51. The second-order valence-corrected chi connectivity index (χ2v) is 20.1. The van der Waals surface area contributed by atoms with Crippen LogP contribution in [0.1, 0.15) is 76.8 Å². The Balaban J connectivity index is 0.831. The van der Waals surface area contributed by atoms with E-state index in [2.05, 4.69) is 25.8 Å². The number of rotatable bonds is 17. The third-order valence-electron chi connectivity index (χ3n) is 13.7. The number of anilines is 1. The third kappa shape index (κ3) is 12.9.